The first kappa shape index (κ1) is 18.5. The van der Waals surface area contributed by atoms with E-state index in [2.05, 4.69) is 5.32 Å². The molecular weight excluding hydrogens is 300 g/mol. The number of halogens is 1. The van der Waals surface area contributed by atoms with Gasteiger partial charge in [-0.15, -0.1) is 0 Å². The van der Waals surface area contributed by atoms with E-state index in [-0.39, 0.29) is 11.8 Å². The average molecular weight is 325 g/mol. The molecular formula is C17H25ClN2O2. The quantitative estimate of drug-likeness (QED) is 0.799. The molecule has 1 aromatic carbocycles. The van der Waals surface area contributed by atoms with Crippen LogP contribution in [-0.2, 0) is 16.0 Å². The maximum atomic E-state index is 11.7. The number of nitrogens with zero attached hydrogens (tertiary/aromatic N) is 1. The lowest BCUT2D eigenvalue weighted by atomic mass is 10.1. The molecule has 0 aliphatic heterocycles. The van der Waals surface area contributed by atoms with E-state index < -0.39 is 0 Å². The predicted molar refractivity (Wildman–Crippen MR) is 89.9 cm³/mol. The summed E-state index contributed by atoms with van der Waals surface area (Å²) in [6, 6.07) is 7.62. The molecule has 2 amide bonds. The van der Waals surface area contributed by atoms with Crippen LogP contribution in [0.1, 0.15) is 32.8 Å². The van der Waals surface area contributed by atoms with Crippen molar-refractivity contribution in [2.75, 3.05) is 19.6 Å². The molecule has 4 nitrogen and oxygen atoms in total. The first-order chi connectivity index (χ1) is 10.4. The minimum Gasteiger partial charge on any atom is -0.354 e. The molecule has 0 aromatic heterocycles. The van der Waals surface area contributed by atoms with Gasteiger partial charge in [-0.05, 0) is 30.0 Å². The first-order valence-electron chi connectivity index (χ1n) is 7.65. The second-order valence-corrected chi connectivity index (χ2v) is 6.27. The lowest BCUT2D eigenvalue weighted by molar-refractivity contribution is -0.129. The molecule has 5 heteroatoms. The Bertz CT molecular complexity index is 486. The number of hydrogen-bond donors (Lipinski definition) is 1. The Morgan fingerprint density at radius 1 is 1.18 bits per heavy atom. The molecule has 0 aliphatic rings. The number of nitrogens with one attached hydrogen (secondary N) is 1. The van der Waals surface area contributed by atoms with Gasteiger partial charge in [0.05, 0.1) is 0 Å². The van der Waals surface area contributed by atoms with E-state index in [0.717, 1.165) is 12.0 Å². The molecule has 0 heterocycles. The summed E-state index contributed by atoms with van der Waals surface area (Å²) in [5.74, 6) is 0.400. The lowest BCUT2D eigenvalue weighted by Crippen LogP contribution is -2.38. The van der Waals surface area contributed by atoms with Crippen LogP contribution in [0.5, 0.6) is 0 Å². The van der Waals surface area contributed by atoms with E-state index in [1.165, 1.54) is 0 Å². The molecule has 122 valence electrons. The Hall–Kier alpha value is -1.55. The van der Waals surface area contributed by atoms with Crippen LogP contribution in [0, 0.1) is 5.92 Å². The minimum absolute atomic E-state index is 0.0204. The first-order valence-corrected chi connectivity index (χ1v) is 8.03. The zero-order valence-corrected chi connectivity index (χ0v) is 14.3. The van der Waals surface area contributed by atoms with Gasteiger partial charge in [0.25, 0.3) is 0 Å². The summed E-state index contributed by atoms with van der Waals surface area (Å²) in [6.07, 6.45) is 1.29. The summed E-state index contributed by atoms with van der Waals surface area (Å²) in [5.41, 5.74) is 1.14. The van der Waals surface area contributed by atoms with E-state index in [1.807, 2.05) is 38.1 Å². The summed E-state index contributed by atoms with van der Waals surface area (Å²) in [4.78, 5) is 25.0. The standard InChI is InChI=1S/C17H25ClN2O2/c1-13(2)12-17(22)19-9-11-20(14(3)21)10-8-15-4-6-16(18)7-5-15/h4-7,13H,8-12H2,1-3H3,(H,19,22). The fraction of sp³-hybridized carbons (Fsp3) is 0.529. The highest BCUT2D eigenvalue weighted by Gasteiger charge is 2.10. The Morgan fingerprint density at radius 3 is 2.36 bits per heavy atom. The SMILES string of the molecule is CC(=O)N(CCNC(=O)CC(C)C)CCc1ccc(Cl)cc1. The molecule has 1 N–H and O–H groups in total. The van der Waals surface area contributed by atoms with Crippen molar-refractivity contribution >= 4 is 23.4 Å². The van der Waals surface area contributed by atoms with Gasteiger partial charge >= 0.3 is 0 Å². The zero-order chi connectivity index (χ0) is 16.5. The van der Waals surface area contributed by atoms with E-state index in [9.17, 15) is 9.59 Å². The van der Waals surface area contributed by atoms with Crippen molar-refractivity contribution in [2.24, 2.45) is 5.92 Å². The molecule has 1 rings (SSSR count). The monoisotopic (exact) mass is 324 g/mol. The minimum atomic E-state index is 0.0204. The highest BCUT2D eigenvalue weighted by atomic mass is 35.5. The Labute approximate surface area is 137 Å². The topological polar surface area (TPSA) is 49.4 Å². The van der Waals surface area contributed by atoms with Crippen molar-refractivity contribution in [3.8, 4) is 0 Å². The molecule has 0 atom stereocenters. The van der Waals surface area contributed by atoms with Crippen molar-refractivity contribution in [2.45, 2.75) is 33.6 Å². The molecule has 0 bridgehead atoms. The van der Waals surface area contributed by atoms with Crippen molar-refractivity contribution in [1.82, 2.24) is 10.2 Å². The van der Waals surface area contributed by atoms with Gasteiger partial charge in [0.1, 0.15) is 0 Å². The second kappa shape index (κ2) is 9.46. The van der Waals surface area contributed by atoms with Crippen molar-refractivity contribution < 1.29 is 9.59 Å². The molecule has 0 aliphatic carbocycles. The predicted octanol–water partition coefficient (Wildman–Crippen LogP) is 2.89. The van der Waals surface area contributed by atoms with Crippen LogP contribution in [0.2, 0.25) is 5.02 Å². The maximum absolute atomic E-state index is 11.7. The number of hydrogen-bond acceptors (Lipinski definition) is 2. The number of amides is 2. The number of carbonyl (C=O) groups is 2. The largest absolute Gasteiger partial charge is 0.354 e. The molecule has 0 unspecified atom stereocenters. The third kappa shape index (κ3) is 7.46. The number of rotatable bonds is 8. The lowest BCUT2D eigenvalue weighted by Gasteiger charge is -2.21. The van der Waals surface area contributed by atoms with Gasteiger partial charge in [-0.25, -0.2) is 0 Å². The highest BCUT2D eigenvalue weighted by molar-refractivity contribution is 6.30. The van der Waals surface area contributed by atoms with Gasteiger partial charge in [-0.1, -0.05) is 37.6 Å². The second-order valence-electron chi connectivity index (χ2n) is 5.83. The fourth-order valence-electron chi connectivity index (χ4n) is 2.12. The van der Waals surface area contributed by atoms with Gasteiger partial charge in [-0.2, -0.15) is 0 Å². The normalized spacial score (nSPS) is 10.6. The van der Waals surface area contributed by atoms with E-state index in [4.69, 9.17) is 11.6 Å². The van der Waals surface area contributed by atoms with E-state index in [0.29, 0.717) is 37.0 Å². The van der Waals surface area contributed by atoms with Crippen molar-refractivity contribution in [1.29, 1.82) is 0 Å². The Morgan fingerprint density at radius 2 is 1.82 bits per heavy atom. The zero-order valence-electron chi connectivity index (χ0n) is 13.6. The molecule has 0 spiro atoms. The molecule has 0 fully saturated rings. The molecule has 0 saturated heterocycles. The van der Waals surface area contributed by atoms with E-state index in [1.54, 1.807) is 11.8 Å². The van der Waals surface area contributed by atoms with Crippen molar-refractivity contribution in [3.63, 3.8) is 0 Å². The van der Waals surface area contributed by atoms with Gasteiger partial charge < -0.3 is 10.2 Å². The average Bonchev–Trinajstić information content (AvgIpc) is 2.43. The third-order valence-electron chi connectivity index (χ3n) is 3.33. The van der Waals surface area contributed by atoms with Crippen LogP contribution in [0.25, 0.3) is 0 Å². The van der Waals surface area contributed by atoms with Gasteiger partial charge in [0, 0.05) is 38.0 Å². The third-order valence-corrected chi connectivity index (χ3v) is 3.58. The van der Waals surface area contributed by atoms with Crippen LogP contribution < -0.4 is 5.32 Å². The van der Waals surface area contributed by atoms with E-state index >= 15 is 0 Å². The summed E-state index contributed by atoms with van der Waals surface area (Å²) < 4.78 is 0. The number of carbonyl (C=O) groups excluding carboxylic acids is 2. The Kier molecular flexibility index (Phi) is 7.96. The molecule has 22 heavy (non-hydrogen) atoms. The smallest absolute Gasteiger partial charge is 0.220 e. The molecule has 1 aromatic rings. The van der Waals surface area contributed by atoms with Crippen LogP contribution in [-0.4, -0.2) is 36.3 Å². The summed E-state index contributed by atoms with van der Waals surface area (Å²) in [7, 11) is 0. The van der Waals surface area contributed by atoms with Gasteiger partial charge in [-0.3, -0.25) is 9.59 Å². The van der Waals surface area contributed by atoms with Gasteiger partial charge in [0.15, 0.2) is 0 Å². The van der Waals surface area contributed by atoms with Crippen LogP contribution in [0.3, 0.4) is 0 Å². The van der Waals surface area contributed by atoms with Crippen LogP contribution in [0.4, 0.5) is 0 Å². The van der Waals surface area contributed by atoms with Crippen LogP contribution in [0.15, 0.2) is 24.3 Å². The van der Waals surface area contributed by atoms with Crippen molar-refractivity contribution in [3.05, 3.63) is 34.9 Å². The molecule has 0 radical (unpaired) electrons. The number of benzene rings is 1. The Balaban J connectivity index is 2.37. The summed E-state index contributed by atoms with van der Waals surface area (Å²) >= 11 is 5.85. The highest BCUT2D eigenvalue weighted by Crippen LogP contribution is 2.10. The summed E-state index contributed by atoms with van der Waals surface area (Å²) in [5, 5.41) is 3.56. The summed E-state index contributed by atoms with van der Waals surface area (Å²) in [6.45, 7) is 7.23. The van der Waals surface area contributed by atoms with Gasteiger partial charge in [0.2, 0.25) is 11.8 Å². The molecule has 0 saturated carbocycles. The fourth-order valence-corrected chi connectivity index (χ4v) is 2.24. The maximum Gasteiger partial charge on any atom is 0.220 e. The van der Waals surface area contributed by atoms with Crippen LogP contribution >= 0.6 is 11.6 Å².